The molecule has 0 saturated heterocycles. The summed E-state index contributed by atoms with van der Waals surface area (Å²) in [5, 5.41) is 0. The summed E-state index contributed by atoms with van der Waals surface area (Å²) >= 11 is 0. The molecule has 4 nitrogen and oxygen atoms in total. The zero-order chi connectivity index (χ0) is 10.7. The Bertz CT molecular complexity index is 322. The van der Waals surface area contributed by atoms with E-state index in [4.69, 9.17) is 5.73 Å². The lowest BCUT2D eigenvalue weighted by Gasteiger charge is -2.23. The fourth-order valence-corrected chi connectivity index (χ4v) is 1.74. The molecule has 0 amide bonds. The molecule has 0 aliphatic heterocycles. The highest BCUT2D eigenvalue weighted by molar-refractivity contribution is 5.58. The minimum absolute atomic E-state index is 0.556. The number of nitrogens with two attached hydrogens (primary N) is 1. The second kappa shape index (κ2) is 4.47. The van der Waals surface area contributed by atoms with Crippen LogP contribution in [0.3, 0.4) is 0 Å². The average molecular weight is 206 g/mol. The van der Waals surface area contributed by atoms with Crippen molar-refractivity contribution >= 4 is 11.6 Å². The molecule has 2 N–H and O–H groups in total. The van der Waals surface area contributed by atoms with E-state index in [0.717, 1.165) is 12.4 Å². The molecule has 0 unspecified atom stereocenters. The number of rotatable bonds is 5. The van der Waals surface area contributed by atoms with Crippen molar-refractivity contribution in [3.05, 3.63) is 12.4 Å². The number of nitrogen functional groups attached to an aromatic ring is 1. The lowest BCUT2D eigenvalue weighted by atomic mass is 10.3. The van der Waals surface area contributed by atoms with Crippen molar-refractivity contribution in [2.24, 2.45) is 0 Å². The minimum atomic E-state index is 0.556. The Labute approximate surface area is 90.5 Å². The smallest absolute Gasteiger partial charge is 0.171 e. The van der Waals surface area contributed by atoms with Crippen LogP contribution in [-0.4, -0.2) is 22.6 Å². The second-order valence-corrected chi connectivity index (χ2v) is 4.04. The average Bonchev–Trinajstić information content (AvgIpc) is 3.05. The fraction of sp³-hybridized carbons (Fsp3) is 0.636. The zero-order valence-electron chi connectivity index (χ0n) is 9.19. The summed E-state index contributed by atoms with van der Waals surface area (Å²) in [4.78, 5) is 10.7. The Hall–Kier alpha value is -1.32. The number of nitrogens with zero attached hydrogens (tertiary/aromatic N) is 3. The van der Waals surface area contributed by atoms with Crippen LogP contribution in [-0.2, 0) is 0 Å². The first kappa shape index (κ1) is 10.2. The quantitative estimate of drug-likeness (QED) is 0.798. The normalized spacial score (nSPS) is 15.3. The number of unbranched alkanes of at least 4 members (excludes halogenated alkanes) is 1. The SMILES string of the molecule is CCCCN(c1nccnc1N)C1CC1. The summed E-state index contributed by atoms with van der Waals surface area (Å²) in [5.74, 6) is 1.42. The maximum Gasteiger partial charge on any atom is 0.171 e. The van der Waals surface area contributed by atoms with E-state index >= 15 is 0 Å². The van der Waals surface area contributed by atoms with Gasteiger partial charge < -0.3 is 10.6 Å². The maximum atomic E-state index is 5.84. The van der Waals surface area contributed by atoms with E-state index in [-0.39, 0.29) is 0 Å². The molecule has 15 heavy (non-hydrogen) atoms. The van der Waals surface area contributed by atoms with Gasteiger partial charge in [0.1, 0.15) is 0 Å². The number of hydrogen-bond acceptors (Lipinski definition) is 4. The first-order valence-electron chi connectivity index (χ1n) is 5.66. The van der Waals surface area contributed by atoms with Crippen molar-refractivity contribution in [1.29, 1.82) is 0 Å². The van der Waals surface area contributed by atoms with Crippen molar-refractivity contribution in [3.63, 3.8) is 0 Å². The molecule has 0 bridgehead atoms. The summed E-state index contributed by atoms with van der Waals surface area (Å²) in [5.41, 5.74) is 5.84. The largest absolute Gasteiger partial charge is 0.381 e. The molecule has 0 aromatic carbocycles. The molecular formula is C11H18N4. The number of aromatic nitrogens is 2. The Morgan fingerprint density at radius 2 is 2.13 bits per heavy atom. The highest BCUT2D eigenvalue weighted by Crippen LogP contribution is 2.32. The Morgan fingerprint density at radius 3 is 2.73 bits per heavy atom. The molecule has 1 aliphatic rings. The third-order valence-corrected chi connectivity index (χ3v) is 2.72. The summed E-state index contributed by atoms with van der Waals surface area (Å²) in [6.07, 6.45) is 8.27. The van der Waals surface area contributed by atoms with Crippen LogP contribution in [0, 0.1) is 0 Å². The van der Waals surface area contributed by atoms with E-state index < -0.39 is 0 Å². The van der Waals surface area contributed by atoms with Gasteiger partial charge in [0.25, 0.3) is 0 Å². The van der Waals surface area contributed by atoms with Gasteiger partial charge in [-0.2, -0.15) is 0 Å². The Morgan fingerprint density at radius 1 is 1.40 bits per heavy atom. The van der Waals surface area contributed by atoms with Crippen LogP contribution in [0.2, 0.25) is 0 Å². The highest BCUT2D eigenvalue weighted by atomic mass is 15.2. The van der Waals surface area contributed by atoms with Crippen molar-refractivity contribution in [3.8, 4) is 0 Å². The molecule has 2 rings (SSSR count). The molecule has 1 aromatic heterocycles. The molecule has 0 radical (unpaired) electrons. The fourth-order valence-electron chi connectivity index (χ4n) is 1.74. The van der Waals surface area contributed by atoms with E-state index in [1.54, 1.807) is 12.4 Å². The van der Waals surface area contributed by atoms with Crippen LogP contribution in [0.15, 0.2) is 12.4 Å². The molecule has 82 valence electrons. The lowest BCUT2D eigenvalue weighted by molar-refractivity contribution is 0.704. The first-order chi connectivity index (χ1) is 7.33. The summed E-state index contributed by atoms with van der Waals surface area (Å²) in [7, 11) is 0. The standard InChI is InChI=1S/C11H18N4/c1-2-3-8-15(9-4-5-9)11-10(12)13-6-7-14-11/h6-7,9H,2-5,8H2,1H3,(H2,12,13). The van der Waals surface area contributed by atoms with Gasteiger partial charge in [-0.1, -0.05) is 13.3 Å². The molecule has 1 aromatic rings. The van der Waals surface area contributed by atoms with Gasteiger partial charge in [0.2, 0.25) is 0 Å². The molecule has 4 heteroatoms. The first-order valence-corrected chi connectivity index (χ1v) is 5.66. The van der Waals surface area contributed by atoms with Gasteiger partial charge in [-0.15, -0.1) is 0 Å². The predicted octanol–water partition coefficient (Wildman–Crippen LogP) is 1.83. The van der Waals surface area contributed by atoms with Crippen LogP contribution in [0.25, 0.3) is 0 Å². The third kappa shape index (κ3) is 2.37. The topological polar surface area (TPSA) is 55.0 Å². The van der Waals surface area contributed by atoms with E-state index in [2.05, 4.69) is 21.8 Å². The van der Waals surface area contributed by atoms with Crippen LogP contribution >= 0.6 is 0 Å². The van der Waals surface area contributed by atoms with Crippen molar-refractivity contribution in [2.75, 3.05) is 17.2 Å². The maximum absolute atomic E-state index is 5.84. The van der Waals surface area contributed by atoms with E-state index in [0.29, 0.717) is 11.9 Å². The van der Waals surface area contributed by atoms with E-state index in [1.807, 2.05) is 0 Å². The third-order valence-electron chi connectivity index (χ3n) is 2.72. The van der Waals surface area contributed by atoms with Gasteiger partial charge in [0.05, 0.1) is 0 Å². The van der Waals surface area contributed by atoms with E-state index in [9.17, 15) is 0 Å². The molecule has 1 fully saturated rings. The highest BCUT2D eigenvalue weighted by Gasteiger charge is 2.30. The summed E-state index contributed by atoms with van der Waals surface area (Å²) in [6, 6.07) is 0.649. The predicted molar refractivity (Wildman–Crippen MR) is 61.7 cm³/mol. The van der Waals surface area contributed by atoms with Crippen LogP contribution in [0.1, 0.15) is 32.6 Å². The molecule has 1 saturated carbocycles. The van der Waals surface area contributed by atoms with E-state index in [1.165, 1.54) is 25.7 Å². The Balaban J connectivity index is 2.13. The molecule has 1 aliphatic carbocycles. The van der Waals surface area contributed by atoms with Crippen molar-refractivity contribution in [1.82, 2.24) is 9.97 Å². The van der Waals surface area contributed by atoms with Crippen LogP contribution in [0.5, 0.6) is 0 Å². The monoisotopic (exact) mass is 206 g/mol. The minimum Gasteiger partial charge on any atom is -0.381 e. The van der Waals surface area contributed by atoms with Gasteiger partial charge in [-0.05, 0) is 19.3 Å². The summed E-state index contributed by atoms with van der Waals surface area (Å²) in [6.45, 7) is 3.25. The van der Waals surface area contributed by atoms with Gasteiger partial charge >= 0.3 is 0 Å². The number of anilines is 2. The van der Waals surface area contributed by atoms with Gasteiger partial charge in [-0.25, -0.2) is 9.97 Å². The Kier molecular flexibility index (Phi) is 3.04. The van der Waals surface area contributed by atoms with Gasteiger partial charge in [0, 0.05) is 25.0 Å². The molecular weight excluding hydrogens is 188 g/mol. The van der Waals surface area contributed by atoms with Crippen LogP contribution < -0.4 is 10.6 Å². The van der Waals surface area contributed by atoms with Gasteiger partial charge in [0.15, 0.2) is 11.6 Å². The second-order valence-electron chi connectivity index (χ2n) is 4.04. The number of hydrogen-bond donors (Lipinski definition) is 1. The van der Waals surface area contributed by atoms with Gasteiger partial charge in [-0.3, -0.25) is 0 Å². The summed E-state index contributed by atoms with van der Waals surface area (Å²) < 4.78 is 0. The van der Waals surface area contributed by atoms with Crippen LogP contribution in [0.4, 0.5) is 11.6 Å². The van der Waals surface area contributed by atoms with Crippen molar-refractivity contribution in [2.45, 2.75) is 38.6 Å². The molecule has 1 heterocycles. The zero-order valence-corrected chi connectivity index (χ0v) is 9.19. The molecule has 0 atom stereocenters. The lowest BCUT2D eigenvalue weighted by Crippen LogP contribution is -2.28. The van der Waals surface area contributed by atoms with Crippen molar-refractivity contribution < 1.29 is 0 Å². The molecule has 0 spiro atoms.